The number of rotatable bonds is 130. The largest absolute Gasteiger partial charge is 0.394 e. The van der Waals surface area contributed by atoms with Crippen LogP contribution in [0.15, 0.2) is 29.4 Å². The first-order valence-corrected chi connectivity index (χ1v) is 51.4. The second-order valence-electron chi connectivity index (χ2n) is 28.0. The third-order valence-electron chi connectivity index (χ3n) is 16.9. The number of pyridine rings is 1. The van der Waals surface area contributed by atoms with E-state index in [0.717, 1.165) is 10.8 Å². The SMILES string of the molecule is O=C(CCOCCOCCOCCOCCOCCOCCOCCOCCOCCOCCOCCOCCOCCOCCOCCOCCOCCOCCOCCOCCOCCOCCOCCOCCOCCOCCOCCOCCOCCOCCOCCOCCOCCOCCOCCOCCOCCOCCOCCOCCOCCO)NCCSSc1ccccn1. The van der Waals surface area contributed by atoms with Crippen LogP contribution in [0.3, 0.4) is 0 Å². The molecule has 0 radical (unpaired) electrons. The van der Waals surface area contributed by atoms with E-state index in [1.54, 1.807) is 27.8 Å². The van der Waals surface area contributed by atoms with E-state index in [4.69, 9.17) is 199 Å². The van der Waals surface area contributed by atoms with Crippen LogP contribution in [0.25, 0.3) is 0 Å². The molecule has 0 aromatic carbocycles. The number of nitrogens with one attached hydrogen (secondary N) is 1. The van der Waals surface area contributed by atoms with E-state index in [1.165, 1.54) is 0 Å². The predicted molar refractivity (Wildman–Crippen MR) is 511 cm³/mol. The number of amides is 1. The highest BCUT2D eigenvalue weighted by atomic mass is 33.1. The van der Waals surface area contributed by atoms with Crippen molar-refractivity contribution in [2.45, 2.75) is 11.4 Å². The fourth-order valence-corrected chi connectivity index (χ4v) is 11.7. The molecule has 0 saturated heterocycles. The second-order valence-corrected chi connectivity index (χ2v) is 30.4. The molecular formula is C92H178N2O43S2. The molecule has 1 aromatic heterocycles. The summed E-state index contributed by atoms with van der Waals surface area (Å²) in [5, 5.41) is 12.5. The summed E-state index contributed by atoms with van der Waals surface area (Å²) >= 11 is 0. The number of aromatic nitrogens is 1. The Labute approximate surface area is 834 Å². The molecule has 1 rings (SSSR count). The second kappa shape index (κ2) is 128. The third kappa shape index (κ3) is 124. The van der Waals surface area contributed by atoms with Crippen LogP contribution < -0.4 is 5.32 Å². The highest BCUT2D eigenvalue weighted by Crippen LogP contribution is 2.28. The zero-order chi connectivity index (χ0) is 98.6. The van der Waals surface area contributed by atoms with Crippen molar-refractivity contribution in [2.75, 3.05) is 561 Å². The normalized spacial score (nSPS) is 11.8. The average Bonchev–Trinajstić information content (AvgIpc) is 0.959. The average molecular weight is 2060 g/mol. The predicted octanol–water partition coefficient (Wildman–Crippen LogP) is 2.00. The Kier molecular flexibility index (Phi) is 124. The molecule has 139 heavy (non-hydrogen) atoms. The van der Waals surface area contributed by atoms with Crippen molar-refractivity contribution in [3.63, 3.8) is 0 Å². The molecule has 1 amide bonds. The molecule has 45 nitrogen and oxygen atoms in total. The molecule has 0 unspecified atom stereocenters. The molecule has 0 spiro atoms. The van der Waals surface area contributed by atoms with Gasteiger partial charge in [-0.25, -0.2) is 4.98 Å². The zero-order valence-corrected chi connectivity index (χ0v) is 85.1. The van der Waals surface area contributed by atoms with E-state index in [9.17, 15) is 4.79 Å². The first kappa shape index (κ1) is 135. The van der Waals surface area contributed by atoms with Crippen molar-refractivity contribution < 1.29 is 204 Å². The van der Waals surface area contributed by atoms with Crippen molar-refractivity contribution >= 4 is 27.5 Å². The van der Waals surface area contributed by atoms with Gasteiger partial charge in [0.05, 0.1) is 548 Å². The Morgan fingerprint density at radius 3 is 0.446 bits per heavy atom. The highest BCUT2D eigenvalue weighted by molar-refractivity contribution is 8.76. The van der Waals surface area contributed by atoms with Crippen molar-refractivity contribution in [2.24, 2.45) is 0 Å². The summed E-state index contributed by atoms with van der Waals surface area (Å²) in [6.45, 7) is 39.2. The van der Waals surface area contributed by atoms with E-state index in [1.807, 2.05) is 18.2 Å². The number of nitrogens with zero attached hydrogens (tertiary/aromatic N) is 1. The van der Waals surface area contributed by atoms with Crippen LogP contribution in [0.2, 0.25) is 0 Å². The fraction of sp³-hybridized carbons (Fsp3) is 0.935. The Morgan fingerprint density at radius 2 is 0.324 bits per heavy atom. The maximum absolute atomic E-state index is 11.9. The summed E-state index contributed by atoms with van der Waals surface area (Å²) in [6.07, 6.45) is 2.08. The molecule has 1 heterocycles. The van der Waals surface area contributed by atoms with Gasteiger partial charge in [0, 0.05) is 24.9 Å². The van der Waals surface area contributed by atoms with Crippen molar-refractivity contribution in [3.05, 3.63) is 24.4 Å². The lowest BCUT2D eigenvalue weighted by Crippen LogP contribution is -2.26. The molecule has 0 aliphatic carbocycles. The van der Waals surface area contributed by atoms with Crippen molar-refractivity contribution in [1.29, 1.82) is 0 Å². The van der Waals surface area contributed by atoms with Gasteiger partial charge in [-0.2, -0.15) is 0 Å². The molecule has 0 bridgehead atoms. The van der Waals surface area contributed by atoms with Gasteiger partial charge in [-0.1, -0.05) is 16.9 Å². The molecule has 0 aliphatic rings. The molecule has 47 heteroatoms. The van der Waals surface area contributed by atoms with Gasteiger partial charge in [-0.05, 0) is 22.9 Å². The van der Waals surface area contributed by atoms with Crippen molar-refractivity contribution in [3.8, 4) is 0 Å². The van der Waals surface area contributed by atoms with Gasteiger partial charge in [0.1, 0.15) is 5.03 Å². The lowest BCUT2D eigenvalue weighted by Gasteiger charge is -2.09. The molecule has 2 N–H and O–H groups in total. The van der Waals surface area contributed by atoms with Crippen LogP contribution in [0.5, 0.6) is 0 Å². The minimum atomic E-state index is -0.0272. The summed E-state index contributed by atoms with van der Waals surface area (Å²) in [5.74, 6) is 0.769. The van der Waals surface area contributed by atoms with Crippen LogP contribution in [0, 0.1) is 0 Å². The van der Waals surface area contributed by atoms with Crippen LogP contribution in [-0.2, 0) is 199 Å². The third-order valence-corrected chi connectivity index (χ3v) is 19.1. The maximum Gasteiger partial charge on any atom is 0.222 e. The van der Waals surface area contributed by atoms with E-state index in [-0.39, 0.29) is 12.5 Å². The molecular weight excluding hydrogens is 1890 g/mol. The van der Waals surface area contributed by atoms with Crippen LogP contribution in [-0.4, -0.2) is 577 Å². The number of aliphatic hydroxyl groups is 1. The minimum Gasteiger partial charge on any atom is -0.394 e. The fourth-order valence-electron chi connectivity index (χ4n) is 9.95. The Morgan fingerprint density at radius 1 is 0.194 bits per heavy atom. The molecule has 826 valence electrons. The number of hydrogen-bond acceptors (Lipinski definition) is 46. The quantitative estimate of drug-likeness (QED) is 0.0695. The highest BCUT2D eigenvalue weighted by Gasteiger charge is 2.08. The van der Waals surface area contributed by atoms with E-state index >= 15 is 0 Å². The summed E-state index contributed by atoms with van der Waals surface area (Å²) in [7, 11) is 3.25. The van der Waals surface area contributed by atoms with Gasteiger partial charge in [0.15, 0.2) is 0 Å². The Hall–Kier alpha value is -2.36. The summed E-state index contributed by atoms with van der Waals surface area (Å²) in [6, 6.07) is 5.80. The molecule has 1 aromatic rings. The topological polar surface area (TPSA) is 441 Å². The summed E-state index contributed by atoms with van der Waals surface area (Å²) < 4.78 is 226. The number of aliphatic hydroxyl groups excluding tert-OH is 1. The lowest BCUT2D eigenvalue weighted by molar-refractivity contribution is -0.122. The summed E-state index contributed by atoms with van der Waals surface area (Å²) in [5.41, 5.74) is 0. The molecule has 0 saturated carbocycles. The smallest absolute Gasteiger partial charge is 0.222 e. The molecule has 0 aliphatic heterocycles. The number of hydrogen-bond donors (Lipinski definition) is 2. The van der Waals surface area contributed by atoms with Crippen LogP contribution >= 0.6 is 21.6 Å². The zero-order valence-electron chi connectivity index (χ0n) is 83.5. The van der Waals surface area contributed by atoms with Gasteiger partial charge in [0.2, 0.25) is 5.91 Å². The van der Waals surface area contributed by atoms with E-state index in [2.05, 4.69) is 10.3 Å². The number of carbonyl (C=O) groups is 1. The lowest BCUT2D eigenvalue weighted by atomic mass is 10.4. The number of carbonyl (C=O) groups excluding carboxylic acids is 1. The Balaban J connectivity index is 1.58. The minimum absolute atomic E-state index is 0.0142. The van der Waals surface area contributed by atoms with Crippen LogP contribution in [0.1, 0.15) is 6.42 Å². The van der Waals surface area contributed by atoms with Gasteiger partial charge >= 0.3 is 0 Å². The number of ether oxygens (including phenoxy) is 41. The van der Waals surface area contributed by atoms with E-state index < -0.39 is 0 Å². The monoisotopic (exact) mass is 2060 g/mol. The Bertz CT molecular complexity index is 2250. The van der Waals surface area contributed by atoms with E-state index in [0.29, 0.717) is 555 Å². The molecule has 0 atom stereocenters. The maximum atomic E-state index is 11.9. The first-order valence-electron chi connectivity index (χ1n) is 49.1. The van der Waals surface area contributed by atoms with Crippen LogP contribution in [0.4, 0.5) is 0 Å². The first-order chi connectivity index (χ1) is 69.3. The van der Waals surface area contributed by atoms with Gasteiger partial charge in [0.25, 0.3) is 0 Å². The molecule has 0 fully saturated rings. The standard InChI is InChI=1S/C92H178N2O43S2/c95-7-9-98-11-13-100-15-17-102-19-21-104-23-25-106-27-29-108-31-33-110-35-37-112-39-41-114-43-45-116-47-49-118-51-53-120-55-57-122-59-61-124-63-65-126-67-69-128-71-73-130-75-77-132-79-81-134-83-85-136-87-89-137-88-86-135-84-82-133-80-78-131-76-74-129-72-70-127-68-66-125-64-62-123-60-58-121-56-54-119-52-50-117-48-46-115-44-42-113-40-38-111-36-34-109-32-30-107-28-26-105-24-22-103-20-18-101-16-14-99-12-10-97-8-4-91(96)93-6-90-138-139-92-3-1-2-5-94-92/h1-3,5,95H,4,6-90H2,(H,93,96). The van der Waals surface area contributed by atoms with Gasteiger partial charge < -0.3 is 205 Å². The summed E-state index contributed by atoms with van der Waals surface area (Å²) in [4.78, 5) is 16.2. The van der Waals surface area contributed by atoms with Gasteiger partial charge in [-0.3, -0.25) is 4.79 Å². The van der Waals surface area contributed by atoms with Gasteiger partial charge in [-0.15, -0.1) is 0 Å². The van der Waals surface area contributed by atoms with Crippen molar-refractivity contribution in [1.82, 2.24) is 10.3 Å².